The van der Waals surface area contributed by atoms with E-state index in [0.717, 1.165) is 31.2 Å². The zero-order chi connectivity index (χ0) is 13.9. The van der Waals surface area contributed by atoms with E-state index in [1.54, 1.807) is 0 Å². The molecular formula is C12H13F3N2O2. The van der Waals surface area contributed by atoms with Gasteiger partial charge < -0.3 is 10.1 Å². The van der Waals surface area contributed by atoms with Crippen molar-refractivity contribution in [1.29, 1.82) is 0 Å². The van der Waals surface area contributed by atoms with Gasteiger partial charge in [0, 0.05) is 19.3 Å². The number of alkyl halides is 3. The molecule has 0 saturated carbocycles. The highest BCUT2D eigenvalue weighted by atomic mass is 19.4. The van der Waals surface area contributed by atoms with Gasteiger partial charge in [-0.1, -0.05) is 0 Å². The highest BCUT2D eigenvalue weighted by molar-refractivity contribution is 5.93. The zero-order valence-electron chi connectivity index (χ0n) is 10.0. The third-order valence-corrected chi connectivity index (χ3v) is 2.84. The van der Waals surface area contributed by atoms with Crippen LogP contribution in [-0.2, 0) is 10.9 Å². The van der Waals surface area contributed by atoms with Crippen molar-refractivity contribution >= 4 is 5.91 Å². The van der Waals surface area contributed by atoms with Gasteiger partial charge >= 0.3 is 6.18 Å². The van der Waals surface area contributed by atoms with Crippen LogP contribution in [0.4, 0.5) is 13.2 Å². The fraction of sp³-hybridized carbons (Fsp3) is 0.500. The molecule has 0 aromatic carbocycles. The lowest BCUT2D eigenvalue weighted by molar-refractivity contribution is -0.138. The average Bonchev–Trinajstić information content (AvgIpc) is 2.88. The first-order chi connectivity index (χ1) is 8.98. The van der Waals surface area contributed by atoms with E-state index in [9.17, 15) is 18.0 Å². The number of amides is 1. The maximum atomic E-state index is 12.7. The number of nitrogens with zero attached hydrogens (tertiary/aromatic N) is 1. The van der Waals surface area contributed by atoms with Gasteiger partial charge in [0.2, 0.25) is 0 Å². The highest BCUT2D eigenvalue weighted by Crippen LogP contribution is 2.30. The van der Waals surface area contributed by atoms with Gasteiger partial charge in [-0.25, -0.2) is 0 Å². The van der Waals surface area contributed by atoms with Gasteiger partial charge in [-0.2, -0.15) is 13.2 Å². The summed E-state index contributed by atoms with van der Waals surface area (Å²) in [5, 5.41) is 2.43. The predicted molar refractivity (Wildman–Crippen MR) is 60.5 cm³/mol. The Morgan fingerprint density at radius 3 is 2.95 bits per heavy atom. The molecule has 0 bridgehead atoms. The number of carbonyl (C=O) groups excluding carboxylic acids is 1. The van der Waals surface area contributed by atoms with E-state index in [1.807, 2.05) is 0 Å². The summed E-state index contributed by atoms with van der Waals surface area (Å²) in [6, 6.07) is 1.99. The third-order valence-electron chi connectivity index (χ3n) is 2.84. The summed E-state index contributed by atoms with van der Waals surface area (Å²) in [5.74, 6) is -0.830. The molecule has 0 spiro atoms. The molecule has 2 rings (SSSR count). The van der Waals surface area contributed by atoms with Gasteiger partial charge in [0.15, 0.2) is 0 Å². The SMILES string of the molecule is O=C(NC[C@H]1CCCO1)c1ncccc1C(F)(F)F. The van der Waals surface area contributed by atoms with E-state index >= 15 is 0 Å². The minimum absolute atomic E-state index is 0.123. The fourth-order valence-corrected chi connectivity index (χ4v) is 1.91. The molecule has 1 aromatic heterocycles. The lowest BCUT2D eigenvalue weighted by Gasteiger charge is -2.13. The van der Waals surface area contributed by atoms with Crippen LogP contribution in [0.5, 0.6) is 0 Å². The van der Waals surface area contributed by atoms with Crippen molar-refractivity contribution in [3.05, 3.63) is 29.6 Å². The van der Waals surface area contributed by atoms with Crippen molar-refractivity contribution in [2.75, 3.05) is 13.2 Å². The van der Waals surface area contributed by atoms with Gasteiger partial charge in [-0.3, -0.25) is 9.78 Å². The second-order valence-corrected chi connectivity index (χ2v) is 4.24. The summed E-state index contributed by atoms with van der Waals surface area (Å²) in [7, 11) is 0. The number of hydrogen-bond acceptors (Lipinski definition) is 3. The van der Waals surface area contributed by atoms with E-state index in [1.165, 1.54) is 0 Å². The fourth-order valence-electron chi connectivity index (χ4n) is 1.91. The lowest BCUT2D eigenvalue weighted by atomic mass is 10.1. The second-order valence-electron chi connectivity index (χ2n) is 4.24. The number of ether oxygens (including phenoxy) is 1. The average molecular weight is 274 g/mol. The molecule has 1 aromatic rings. The number of hydrogen-bond donors (Lipinski definition) is 1. The third kappa shape index (κ3) is 3.44. The molecule has 1 amide bonds. The standard InChI is InChI=1S/C12H13F3N2O2/c13-12(14,15)9-4-1-5-16-10(9)11(18)17-7-8-3-2-6-19-8/h1,4-5,8H,2-3,6-7H2,(H,17,18)/t8-/m1/s1. The van der Waals surface area contributed by atoms with Crippen LogP contribution in [0.2, 0.25) is 0 Å². The van der Waals surface area contributed by atoms with Crippen molar-refractivity contribution < 1.29 is 22.7 Å². The van der Waals surface area contributed by atoms with Crippen molar-refractivity contribution in [3.8, 4) is 0 Å². The van der Waals surface area contributed by atoms with E-state index in [4.69, 9.17) is 4.74 Å². The summed E-state index contributed by atoms with van der Waals surface area (Å²) in [5.41, 5.74) is -1.63. The number of aromatic nitrogens is 1. The van der Waals surface area contributed by atoms with Crippen LogP contribution in [-0.4, -0.2) is 30.1 Å². The Labute approximate surface area is 108 Å². The Balaban J connectivity index is 2.06. The monoisotopic (exact) mass is 274 g/mol. The summed E-state index contributed by atoms with van der Waals surface area (Å²) < 4.78 is 43.4. The van der Waals surface area contributed by atoms with Crippen LogP contribution >= 0.6 is 0 Å². The number of nitrogens with one attached hydrogen (secondary N) is 1. The van der Waals surface area contributed by atoms with Crippen LogP contribution in [0.3, 0.4) is 0 Å². The van der Waals surface area contributed by atoms with E-state index in [-0.39, 0.29) is 12.6 Å². The minimum atomic E-state index is -4.59. The maximum Gasteiger partial charge on any atom is 0.418 e. The lowest BCUT2D eigenvalue weighted by Crippen LogP contribution is -2.33. The largest absolute Gasteiger partial charge is 0.418 e. The van der Waals surface area contributed by atoms with E-state index in [0.29, 0.717) is 6.61 Å². The molecule has 1 N–H and O–H groups in total. The van der Waals surface area contributed by atoms with Gasteiger partial charge in [0.05, 0.1) is 11.7 Å². The first-order valence-electron chi connectivity index (χ1n) is 5.90. The number of carbonyl (C=O) groups is 1. The topological polar surface area (TPSA) is 51.2 Å². The molecule has 1 aliphatic heterocycles. The molecule has 104 valence electrons. The number of halogens is 3. The molecule has 0 aliphatic carbocycles. The van der Waals surface area contributed by atoms with Crippen molar-refractivity contribution in [2.45, 2.75) is 25.1 Å². The summed E-state index contributed by atoms with van der Waals surface area (Å²) >= 11 is 0. The molecule has 19 heavy (non-hydrogen) atoms. The summed E-state index contributed by atoms with van der Waals surface area (Å²) in [6.07, 6.45) is -1.85. The summed E-state index contributed by atoms with van der Waals surface area (Å²) in [4.78, 5) is 15.3. The Hall–Kier alpha value is -1.63. The second kappa shape index (κ2) is 5.56. The number of pyridine rings is 1. The maximum absolute atomic E-state index is 12.7. The van der Waals surface area contributed by atoms with Gasteiger partial charge in [-0.15, -0.1) is 0 Å². The molecule has 2 heterocycles. The Morgan fingerprint density at radius 2 is 2.32 bits per heavy atom. The van der Waals surface area contributed by atoms with Gasteiger partial charge in [0.1, 0.15) is 5.69 Å². The van der Waals surface area contributed by atoms with Crippen LogP contribution in [0.15, 0.2) is 18.3 Å². The molecule has 7 heteroatoms. The smallest absolute Gasteiger partial charge is 0.376 e. The predicted octanol–water partition coefficient (Wildman–Crippen LogP) is 2.01. The molecule has 0 unspecified atom stereocenters. The molecule has 1 aliphatic rings. The van der Waals surface area contributed by atoms with Crippen LogP contribution in [0.25, 0.3) is 0 Å². The number of rotatable bonds is 3. The van der Waals surface area contributed by atoms with E-state index in [2.05, 4.69) is 10.3 Å². The molecule has 4 nitrogen and oxygen atoms in total. The van der Waals surface area contributed by atoms with Gasteiger partial charge in [0.25, 0.3) is 5.91 Å². The molecule has 1 fully saturated rings. The highest BCUT2D eigenvalue weighted by Gasteiger charge is 2.36. The minimum Gasteiger partial charge on any atom is -0.376 e. The summed E-state index contributed by atoms with van der Waals surface area (Å²) in [6.45, 7) is 0.824. The van der Waals surface area contributed by atoms with Crippen LogP contribution < -0.4 is 5.32 Å². The van der Waals surface area contributed by atoms with Crippen molar-refractivity contribution in [1.82, 2.24) is 10.3 Å². The first-order valence-corrected chi connectivity index (χ1v) is 5.90. The normalized spacial score (nSPS) is 19.4. The van der Waals surface area contributed by atoms with E-state index < -0.39 is 23.3 Å². The Bertz CT molecular complexity index is 457. The van der Waals surface area contributed by atoms with Crippen molar-refractivity contribution in [3.63, 3.8) is 0 Å². The van der Waals surface area contributed by atoms with Crippen LogP contribution in [0, 0.1) is 0 Å². The molecule has 1 saturated heterocycles. The quantitative estimate of drug-likeness (QED) is 0.917. The van der Waals surface area contributed by atoms with Crippen LogP contribution in [0.1, 0.15) is 28.9 Å². The molecule has 0 radical (unpaired) electrons. The Kier molecular flexibility index (Phi) is 4.04. The molecular weight excluding hydrogens is 261 g/mol. The Morgan fingerprint density at radius 1 is 1.53 bits per heavy atom. The van der Waals surface area contributed by atoms with Crippen molar-refractivity contribution in [2.24, 2.45) is 0 Å². The van der Waals surface area contributed by atoms with Gasteiger partial charge in [-0.05, 0) is 25.0 Å². The first kappa shape index (κ1) is 13.8. The zero-order valence-corrected chi connectivity index (χ0v) is 10.0. The molecule has 1 atom stereocenters.